The molecule has 0 aliphatic carbocycles. The summed E-state index contributed by atoms with van der Waals surface area (Å²) in [5.74, 6) is 0. The van der Waals surface area contributed by atoms with Crippen LogP contribution in [0, 0.1) is 0 Å². The van der Waals surface area contributed by atoms with E-state index in [1.165, 1.54) is 0 Å². The van der Waals surface area contributed by atoms with Crippen LogP contribution in [-0.4, -0.2) is 60.5 Å². The van der Waals surface area contributed by atoms with Crippen LogP contribution in [0.3, 0.4) is 0 Å². The largest absolute Gasteiger partial charge is 0.390 e. The Hall–Kier alpha value is -0.160. The molecular formula is C12H26N2O2. The van der Waals surface area contributed by atoms with E-state index in [-0.39, 0.29) is 18.3 Å². The third-order valence-electron chi connectivity index (χ3n) is 2.73. The molecular weight excluding hydrogens is 204 g/mol. The topological polar surface area (TPSA) is 44.7 Å². The molecule has 96 valence electrons. The zero-order valence-corrected chi connectivity index (χ0v) is 10.9. The van der Waals surface area contributed by atoms with Gasteiger partial charge in [0.15, 0.2) is 0 Å². The van der Waals surface area contributed by atoms with E-state index in [2.05, 4.69) is 37.9 Å². The molecule has 4 nitrogen and oxygen atoms in total. The smallest absolute Gasteiger partial charge is 0.0791 e. The van der Waals surface area contributed by atoms with Crippen LogP contribution in [0.25, 0.3) is 0 Å². The van der Waals surface area contributed by atoms with Crippen molar-refractivity contribution >= 4 is 0 Å². The van der Waals surface area contributed by atoms with Crippen molar-refractivity contribution in [3.63, 3.8) is 0 Å². The number of hydrogen-bond donors (Lipinski definition) is 2. The van der Waals surface area contributed by atoms with Crippen LogP contribution in [-0.2, 0) is 4.74 Å². The first-order valence-electron chi connectivity index (χ1n) is 6.26. The summed E-state index contributed by atoms with van der Waals surface area (Å²) < 4.78 is 5.66. The molecule has 1 aliphatic heterocycles. The molecule has 0 aromatic heterocycles. The van der Waals surface area contributed by atoms with Crippen molar-refractivity contribution in [2.24, 2.45) is 0 Å². The molecule has 3 unspecified atom stereocenters. The van der Waals surface area contributed by atoms with Crippen LogP contribution in [0.2, 0.25) is 0 Å². The SMILES string of the molecule is CC(C)NCC(O)CN1CC(C)OC(C)C1. The number of aliphatic hydroxyl groups is 1. The predicted molar refractivity (Wildman–Crippen MR) is 65.6 cm³/mol. The third kappa shape index (κ3) is 5.25. The number of β-amino-alcohol motifs (C(OH)–C–C–N with tert-alkyl or cyclic N) is 1. The maximum Gasteiger partial charge on any atom is 0.0791 e. The Kier molecular flexibility index (Phi) is 5.69. The minimum absolute atomic E-state index is 0.272. The first kappa shape index (κ1) is 13.9. The molecule has 1 fully saturated rings. The second-order valence-electron chi connectivity index (χ2n) is 5.19. The number of ether oxygens (including phenoxy) is 1. The van der Waals surface area contributed by atoms with E-state index in [1.54, 1.807) is 0 Å². The first-order valence-corrected chi connectivity index (χ1v) is 6.26. The summed E-state index contributed by atoms with van der Waals surface area (Å²) in [6, 6.07) is 0.428. The second kappa shape index (κ2) is 6.55. The van der Waals surface area contributed by atoms with Gasteiger partial charge in [0.2, 0.25) is 0 Å². The minimum atomic E-state index is -0.292. The summed E-state index contributed by atoms with van der Waals surface area (Å²) in [6.45, 7) is 11.6. The number of rotatable bonds is 5. The van der Waals surface area contributed by atoms with Gasteiger partial charge >= 0.3 is 0 Å². The van der Waals surface area contributed by atoms with E-state index in [1.807, 2.05) is 0 Å². The summed E-state index contributed by atoms with van der Waals surface area (Å²) in [7, 11) is 0. The Morgan fingerprint density at radius 1 is 1.31 bits per heavy atom. The van der Waals surface area contributed by atoms with Gasteiger partial charge in [-0.1, -0.05) is 13.8 Å². The lowest BCUT2D eigenvalue weighted by Gasteiger charge is -2.36. The van der Waals surface area contributed by atoms with Crippen molar-refractivity contribution in [2.75, 3.05) is 26.2 Å². The molecule has 0 saturated carbocycles. The highest BCUT2D eigenvalue weighted by molar-refractivity contribution is 4.76. The molecule has 0 aromatic carbocycles. The van der Waals surface area contributed by atoms with Crippen molar-refractivity contribution in [3.8, 4) is 0 Å². The van der Waals surface area contributed by atoms with Crippen LogP contribution in [0.5, 0.6) is 0 Å². The average Bonchev–Trinajstić information content (AvgIpc) is 2.12. The van der Waals surface area contributed by atoms with Gasteiger partial charge < -0.3 is 15.2 Å². The number of morpholine rings is 1. The number of nitrogens with one attached hydrogen (secondary N) is 1. The van der Waals surface area contributed by atoms with Gasteiger partial charge in [-0.05, 0) is 13.8 Å². The van der Waals surface area contributed by atoms with Crippen LogP contribution >= 0.6 is 0 Å². The van der Waals surface area contributed by atoms with Crippen molar-refractivity contribution in [2.45, 2.75) is 52.0 Å². The van der Waals surface area contributed by atoms with Gasteiger partial charge in [-0.25, -0.2) is 0 Å². The first-order chi connectivity index (χ1) is 7.47. The fourth-order valence-corrected chi connectivity index (χ4v) is 2.17. The highest BCUT2D eigenvalue weighted by Gasteiger charge is 2.23. The van der Waals surface area contributed by atoms with Crippen LogP contribution in [0.4, 0.5) is 0 Å². The van der Waals surface area contributed by atoms with Crippen molar-refractivity contribution in [1.29, 1.82) is 0 Å². The Balaban J connectivity index is 2.24. The van der Waals surface area contributed by atoms with Gasteiger partial charge in [-0.3, -0.25) is 4.90 Å². The molecule has 1 heterocycles. The van der Waals surface area contributed by atoms with Gasteiger partial charge in [0.05, 0.1) is 18.3 Å². The van der Waals surface area contributed by atoms with E-state index in [0.29, 0.717) is 12.6 Å². The summed E-state index contributed by atoms with van der Waals surface area (Å²) in [4.78, 5) is 2.28. The Morgan fingerprint density at radius 3 is 2.38 bits per heavy atom. The molecule has 0 spiro atoms. The molecule has 0 radical (unpaired) electrons. The Morgan fingerprint density at radius 2 is 1.88 bits per heavy atom. The summed E-state index contributed by atoms with van der Waals surface area (Å²) in [5, 5.41) is 13.1. The Bertz CT molecular complexity index is 189. The lowest BCUT2D eigenvalue weighted by molar-refractivity contribution is -0.0762. The molecule has 1 saturated heterocycles. The number of aliphatic hydroxyl groups excluding tert-OH is 1. The quantitative estimate of drug-likeness (QED) is 0.720. The van der Waals surface area contributed by atoms with E-state index in [9.17, 15) is 5.11 Å². The lowest BCUT2D eigenvalue weighted by Crippen LogP contribution is -2.49. The minimum Gasteiger partial charge on any atom is -0.390 e. The molecule has 2 N–H and O–H groups in total. The maximum atomic E-state index is 9.88. The molecule has 0 amide bonds. The maximum absolute atomic E-state index is 9.88. The number of hydrogen-bond acceptors (Lipinski definition) is 4. The molecule has 16 heavy (non-hydrogen) atoms. The van der Waals surface area contributed by atoms with Gasteiger partial charge in [-0.15, -0.1) is 0 Å². The number of nitrogens with zero attached hydrogens (tertiary/aromatic N) is 1. The van der Waals surface area contributed by atoms with Crippen LogP contribution < -0.4 is 5.32 Å². The predicted octanol–water partition coefficient (Wildman–Crippen LogP) is 0.455. The fraction of sp³-hybridized carbons (Fsp3) is 1.00. The molecule has 1 rings (SSSR count). The van der Waals surface area contributed by atoms with Crippen LogP contribution in [0.15, 0.2) is 0 Å². The lowest BCUT2D eigenvalue weighted by atomic mass is 10.2. The molecule has 1 aliphatic rings. The van der Waals surface area contributed by atoms with Gasteiger partial charge in [0, 0.05) is 32.2 Å². The molecule has 0 aromatic rings. The van der Waals surface area contributed by atoms with Crippen molar-refractivity contribution in [1.82, 2.24) is 10.2 Å². The fourth-order valence-electron chi connectivity index (χ4n) is 2.17. The Labute approximate surface area is 99.0 Å². The molecule has 4 heteroatoms. The monoisotopic (exact) mass is 230 g/mol. The summed E-state index contributed by atoms with van der Waals surface area (Å²) in [6.07, 6.45) is 0.253. The van der Waals surface area contributed by atoms with E-state index < -0.39 is 0 Å². The summed E-state index contributed by atoms with van der Waals surface area (Å²) >= 11 is 0. The van der Waals surface area contributed by atoms with Crippen LogP contribution in [0.1, 0.15) is 27.7 Å². The average molecular weight is 230 g/mol. The van der Waals surface area contributed by atoms with Gasteiger partial charge in [0.1, 0.15) is 0 Å². The highest BCUT2D eigenvalue weighted by Crippen LogP contribution is 2.10. The zero-order chi connectivity index (χ0) is 12.1. The highest BCUT2D eigenvalue weighted by atomic mass is 16.5. The van der Waals surface area contributed by atoms with Crippen molar-refractivity contribution < 1.29 is 9.84 Å². The summed E-state index contributed by atoms with van der Waals surface area (Å²) in [5.41, 5.74) is 0. The zero-order valence-electron chi connectivity index (χ0n) is 10.9. The standard InChI is InChI=1S/C12H26N2O2/c1-9(2)13-5-12(15)8-14-6-10(3)16-11(4)7-14/h9-13,15H,5-8H2,1-4H3. The van der Waals surface area contributed by atoms with Crippen molar-refractivity contribution in [3.05, 3.63) is 0 Å². The molecule has 3 atom stereocenters. The second-order valence-corrected chi connectivity index (χ2v) is 5.19. The normalized spacial score (nSPS) is 29.6. The van der Waals surface area contributed by atoms with E-state index in [0.717, 1.165) is 19.6 Å². The molecule has 0 bridgehead atoms. The van der Waals surface area contributed by atoms with Gasteiger partial charge in [0.25, 0.3) is 0 Å². The third-order valence-corrected chi connectivity index (χ3v) is 2.73. The van der Waals surface area contributed by atoms with E-state index >= 15 is 0 Å². The van der Waals surface area contributed by atoms with Gasteiger partial charge in [-0.2, -0.15) is 0 Å². The van der Waals surface area contributed by atoms with E-state index in [4.69, 9.17) is 4.74 Å².